The highest BCUT2D eigenvalue weighted by atomic mass is 35.5. The lowest BCUT2D eigenvalue weighted by Crippen LogP contribution is -2.13. The van der Waals surface area contributed by atoms with Crippen molar-refractivity contribution in [1.29, 1.82) is 0 Å². The lowest BCUT2D eigenvalue weighted by Gasteiger charge is -2.11. The summed E-state index contributed by atoms with van der Waals surface area (Å²) in [6.45, 7) is 8.41. The van der Waals surface area contributed by atoms with Crippen molar-refractivity contribution in [3.63, 3.8) is 0 Å². The molecular weight excluding hydrogens is 210 g/mol. The minimum atomic E-state index is 0.350. The normalized spacial score (nSPS) is 11.1. The van der Waals surface area contributed by atoms with Crippen LogP contribution in [-0.4, -0.2) is 16.0 Å². The fourth-order valence-electron chi connectivity index (χ4n) is 1.29. The van der Waals surface area contributed by atoms with Crippen LogP contribution in [0.15, 0.2) is 6.07 Å². The van der Waals surface area contributed by atoms with Crippen molar-refractivity contribution < 1.29 is 0 Å². The predicted octanol–water partition coefficient (Wildman–Crippen LogP) is 3.15. The first kappa shape index (κ1) is 12.2. The number of halogens is 1. The molecular formula is C11H18ClN3. The molecule has 0 aliphatic heterocycles. The van der Waals surface area contributed by atoms with Gasteiger partial charge >= 0.3 is 0 Å². The molecule has 0 fully saturated rings. The second kappa shape index (κ2) is 5.31. The molecule has 1 rings (SSSR count). The smallest absolute Gasteiger partial charge is 0.134 e. The molecule has 84 valence electrons. The molecule has 1 aromatic heterocycles. The Morgan fingerprint density at radius 1 is 1.27 bits per heavy atom. The van der Waals surface area contributed by atoms with E-state index in [2.05, 4.69) is 43.0 Å². The van der Waals surface area contributed by atoms with Crippen LogP contribution in [0, 0.1) is 5.92 Å². The fraction of sp³-hybridized carbons (Fsp3) is 0.636. The maximum absolute atomic E-state index is 5.93. The van der Waals surface area contributed by atoms with Gasteiger partial charge in [-0.15, -0.1) is 0 Å². The molecule has 0 saturated carbocycles. The molecule has 0 unspecified atom stereocenters. The average molecular weight is 228 g/mol. The average Bonchev–Trinajstić information content (AvgIpc) is 1.98. The zero-order chi connectivity index (χ0) is 11.4. The number of nitrogens with one attached hydrogen (secondary N) is 1. The van der Waals surface area contributed by atoms with E-state index in [9.17, 15) is 0 Å². The number of nitrogens with zero attached hydrogens (tertiary/aromatic N) is 2. The SMILES string of the molecule is CC(C)Cc1nc(Cl)cc(NC(C)C)n1. The van der Waals surface area contributed by atoms with Crippen LogP contribution in [0.1, 0.15) is 33.5 Å². The summed E-state index contributed by atoms with van der Waals surface area (Å²) in [5, 5.41) is 3.73. The summed E-state index contributed by atoms with van der Waals surface area (Å²) >= 11 is 5.93. The molecule has 0 radical (unpaired) electrons. The van der Waals surface area contributed by atoms with E-state index < -0.39 is 0 Å². The van der Waals surface area contributed by atoms with Gasteiger partial charge in [-0.3, -0.25) is 0 Å². The minimum absolute atomic E-state index is 0.350. The van der Waals surface area contributed by atoms with E-state index in [0.29, 0.717) is 17.1 Å². The molecule has 1 N–H and O–H groups in total. The molecule has 3 nitrogen and oxygen atoms in total. The summed E-state index contributed by atoms with van der Waals surface area (Å²) in [4.78, 5) is 8.60. The maximum atomic E-state index is 5.93. The summed E-state index contributed by atoms with van der Waals surface area (Å²) in [5.74, 6) is 2.15. The van der Waals surface area contributed by atoms with Gasteiger partial charge in [0.1, 0.15) is 16.8 Å². The number of aromatic nitrogens is 2. The Morgan fingerprint density at radius 2 is 1.93 bits per heavy atom. The van der Waals surface area contributed by atoms with Crippen LogP contribution in [0.2, 0.25) is 5.15 Å². The van der Waals surface area contributed by atoms with Gasteiger partial charge in [-0.05, 0) is 19.8 Å². The van der Waals surface area contributed by atoms with E-state index in [-0.39, 0.29) is 0 Å². The van der Waals surface area contributed by atoms with Crippen molar-refractivity contribution in [2.75, 3.05) is 5.32 Å². The Morgan fingerprint density at radius 3 is 2.47 bits per heavy atom. The van der Waals surface area contributed by atoms with E-state index in [1.165, 1.54) is 0 Å². The molecule has 1 heterocycles. The largest absolute Gasteiger partial charge is 0.368 e. The molecule has 15 heavy (non-hydrogen) atoms. The minimum Gasteiger partial charge on any atom is -0.368 e. The van der Waals surface area contributed by atoms with Crippen molar-refractivity contribution in [1.82, 2.24) is 9.97 Å². The quantitative estimate of drug-likeness (QED) is 0.804. The third-order valence-electron chi connectivity index (χ3n) is 1.77. The Balaban J connectivity index is 2.84. The van der Waals surface area contributed by atoms with Gasteiger partial charge < -0.3 is 5.32 Å². The Kier molecular flexibility index (Phi) is 4.33. The number of hydrogen-bond acceptors (Lipinski definition) is 3. The topological polar surface area (TPSA) is 37.8 Å². The van der Waals surface area contributed by atoms with Crippen LogP contribution >= 0.6 is 11.6 Å². The summed E-state index contributed by atoms with van der Waals surface area (Å²) in [6.07, 6.45) is 0.854. The molecule has 4 heteroatoms. The molecule has 0 saturated heterocycles. The molecule has 0 spiro atoms. The van der Waals surface area contributed by atoms with Gasteiger partial charge in [-0.25, -0.2) is 9.97 Å². The monoisotopic (exact) mass is 227 g/mol. The predicted molar refractivity (Wildman–Crippen MR) is 64.3 cm³/mol. The maximum Gasteiger partial charge on any atom is 0.134 e. The first-order chi connectivity index (χ1) is 6.97. The van der Waals surface area contributed by atoms with Crippen LogP contribution in [0.3, 0.4) is 0 Å². The second-order valence-corrected chi connectivity index (χ2v) is 4.78. The number of hydrogen-bond donors (Lipinski definition) is 1. The van der Waals surface area contributed by atoms with Crippen molar-refractivity contribution >= 4 is 17.4 Å². The lowest BCUT2D eigenvalue weighted by molar-refractivity contribution is 0.620. The van der Waals surface area contributed by atoms with Crippen LogP contribution < -0.4 is 5.32 Å². The fourth-order valence-corrected chi connectivity index (χ4v) is 1.49. The summed E-state index contributed by atoms with van der Waals surface area (Å²) in [5.41, 5.74) is 0. The first-order valence-electron chi connectivity index (χ1n) is 5.27. The summed E-state index contributed by atoms with van der Waals surface area (Å²) < 4.78 is 0. The number of rotatable bonds is 4. The van der Waals surface area contributed by atoms with Crippen LogP contribution in [0.25, 0.3) is 0 Å². The second-order valence-electron chi connectivity index (χ2n) is 4.39. The highest BCUT2D eigenvalue weighted by Crippen LogP contribution is 2.14. The summed E-state index contributed by atoms with van der Waals surface area (Å²) in [7, 11) is 0. The molecule has 1 aromatic rings. The van der Waals surface area contributed by atoms with Gasteiger partial charge in [0.15, 0.2) is 0 Å². The Bertz CT molecular complexity index is 295. The zero-order valence-corrected chi connectivity index (χ0v) is 10.5. The highest BCUT2D eigenvalue weighted by Gasteiger charge is 2.06. The van der Waals surface area contributed by atoms with Gasteiger partial charge in [0.05, 0.1) is 0 Å². The van der Waals surface area contributed by atoms with E-state index in [4.69, 9.17) is 11.6 Å². The summed E-state index contributed by atoms with van der Waals surface area (Å²) in [6, 6.07) is 2.11. The Labute approximate surface area is 96.3 Å². The van der Waals surface area contributed by atoms with E-state index in [1.807, 2.05) is 0 Å². The molecule has 0 amide bonds. The molecule has 0 aromatic carbocycles. The van der Waals surface area contributed by atoms with Crippen molar-refractivity contribution in [2.45, 2.75) is 40.2 Å². The lowest BCUT2D eigenvalue weighted by atomic mass is 10.1. The highest BCUT2D eigenvalue weighted by molar-refractivity contribution is 6.29. The van der Waals surface area contributed by atoms with Crippen LogP contribution in [-0.2, 0) is 6.42 Å². The van der Waals surface area contributed by atoms with E-state index in [0.717, 1.165) is 18.1 Å². The number of anilines is 1. The van der Waals surface area contributed by atoms with Gasteiger partial charge in [-0.2, -0.15) is 0 Å². The van der Waals surface area contributed by atoms with E-state index in [1.54, 1.807) is 6.07 Å². The molecule has 0 atom stereocenters. The third-order valence-corrected chi connectivity index (χ3v) is 1.96. The Hall–Kier alpha value is -0.830. The van der Waals surface area contributed by atoms with E-state index >= 15 is 0 Å². The van der Waals surface area contributed by atoms with Crippen LogP contribution in [0.5, 0.6) is 0 Å². The zero-order valence-electron chi connectivity index (χ0n) is 9.71. The van der Waals surface area contributed by atoms with Crippen molar-refractivity contribution in [3.8, 4) is 0 Å². The molecule has 0 aliphatic rings. The van der Waals surface area contributed by atoms with Crippen molar-refractivity contribution in [3.05, 3.63) is 17.0 Å². The van der Waals surface area contributed by atoms with Gasteiger partial charge in [0.25, 0.3) is 0 Å². The van der Waals surface area contributed by atoms with Crippen LogP contribution in [0.4, 0.5) is 5.82 Å². The molecule has 0 bridgehead atoms. The third kappa shape index (κ3) is 4.47. The standard InChI is InChI=1S/C11H18ClN3/c1-7(2)5-10-14-9(12)6-11(15-10)13-8(3)4/h6-8H,5H2,1-4H3,(H,13,14,15). The van der Waals surface area contributed by atoms with Crippen molar-refractivity contribution in [2.24, 2.45) is 5.92 Å². The van der Waals surface area contributed by atoms with Gasteiger partial charge in [0, 0.05) is 18.5 Å². The molecule has 0 aliphatic carbocycles. The van der Waals surface area contributed by atoms with Gasteiger partial charge in [0.2, 0.25) is 0 Å². The van der Waals surface area contributed by atoms with Gasteiger partial charge in [-0.1, -0.05) is 25.4 Å². The first-order valence-corrected chi connectivity index (χ1v) is 5.65.